The molecule has 3 amide bonds. The molecule has 0 fully saturated rings. The van der Waals surface area contributed by atoms with Crippen molar-refractivity contribution in [2.45, 2.75) is 0 Å². The minimum absolute atomic E-state index is 0.239. The number of rotatable bonds is 3. The zero-order valence-corrected chi connectivity index (χ0v) is 12.9. The maximum absolute atomic E-state index is 12.7. The highest BCUT2D eigenvalue weighted by molar-refractivity contribution is 6.49. The Labute approximate surface area is 138 Å². The quantitative estimate of drug-likeness (QED) is 0.879. The topological polar surface area (TPSA) is 75.7 Å². The van der Waals surface area contributed by atoms with Crippen LogP contribution in [-0.4, -0.2) is 30.0 Å². The van der Waals surface area contributed by atoms with Gasteiger partial charge >= 0.3 is 6.09 Å². The van der Waals surface area contributed by atoms with Crippen molar-refractivity contribution in [1.29, 1.82) is 0 Å². The van der Waals surface area contributed by atoms with E-state index in [-0.39, 0.29) is 11.1 Å². The average molecular weight is 322 g/mol. The lowest BCUT2D eigenvalue weighted by atomic mass is 9.96. The third-order valence-corrected chi connectivity index (χ3v) is 3.60. The monoisotopic (exact) mass is 322 g/mol. The number of hydrazine groups is 1. The molecule has 3 rings (SSSR count). The van der Waals surface area contributed by atoms with E-state index in [4.69, 9.17) is 0 Å². The van der Waals surface area contributed by atoms with Gasteiger partial charge in [-0.25, -0.2) is 10.2 Å². The Morgan fingerprint density at radius 1 is 0.833 bits per heavy atom. The van der Waals surface area contributed by atoms with Gasteiger partial charge in [-0.05, 0) is 11.1 Å². The fourth-order valence-corrected chi connectivity index (χ4v) is 2.51. The van der Waals surface area contributed by atoms with Crippen molar-refractivity contribution < 1.29 is 19.1 Å². The van der Waals surface area contributed by atoms with Gasteiger partial charge in [0.05, 0.1) is 18.3 Å². The van der Waals surface area contributed by atoms with Crippen molar-refractivity contribution in [3.63, 3.8) is 0 Å². The van der Waals surface area contributed by atoms with E-state index < -0.39 is 17.9 Å². The van der Waals surface area contributed by atoms with Crippen LogP contribution >= 0.6 is 0 Å². The minimum Gasteiger partial charge on any atom is -0.452 e. The summed E-state index contributed by atoms with van der Waals surface area (Å²) in [6.07, 6.45) is -0.890. The molecule has 0 aromatic heterocycles. The second-order valence-electron chi connectivity index (χ2n) is 5.03. The van der Waals surface area contributed by atoms with Crippen molar-refractivity contribution in [3.05, 3.63) is 71.8 Å². The van der Waals surface area contributed by atoms with Crippen LogP contribution in [0.5, 0.6) is 0 Å². The second kappa shape index (κ2) is 6.37. The third-order valence-electron chi connectivity index (χ3n) is 3.60. The zero-order chi connectivity index (χ0) is 17.1. The first kappa shape index (κ1) is 15.5. The molecule has 0 saturated carbocycles. The number of hydrogen-bond donors (Lipinski definition) is 1. The summed E-state index contributed by atoms with van der Waals surface area (Å²) >= 11 is 0. The van der Waals surface area contributed by atoms with Gasteiger partial charge in [-0.1, -0.05) is 60.7 Å². The molecule has 1 N–H and O–H groups in total. The van der Waals surface area contributed by atoms with Crippen molar-refractivity contribution in [3.8, 4) is 0 Å². The van der Waals surface area contributed by atoms with Crippen LogP contribution in [0.4, 0.5) is 4.79 Å². The molecule has 0 spiro atoms. The van der Waals surface area contributed by atoms with Gasteiger partial charge in [0.2, 0.25) is 0 Å². The third kappa shape index (κ3) is 2.65. The lowest BCUT2D eigenvalue weighted by Crippen LogP contribution is -2.46. The number of nitrogens with one attached hydrogen (secondary N) is 1. The number of hydrogen-bond acceptors (Lipinski definition) is 4. The van der Waals surface area contributed by atoms with Gasteiger partial charge in [-0.15, -0.1) is 0 Å². The highest BCUT2D eigenvalue weighted by atomic mass is 16.5. The molecule has 6 heteroatoms. The summed E-state index contributed by atoms with van der Waals surface area (Å²) in [6, 6.07) is 17.7. The van der Waals surface area contributed by atoms with Gasteiger partial charge in [0.1, 0.15) is 0 Å². The van der Waals surface area contributed by atoms with E-state index in [2.05, 4.69) is 10.2 Å². The molecule has 120 valence electrons. The molecule has 1 aliphatic heterocycles. The molecule has 2 aromatic carbocycles. The van der Waals surface area contributed by atoms with E-state index >= 15 is 0 Å². The molecule has 24 heavy (non-hydrogen) atoms. The zero-order valence-electron chi connectivity index (χ0n) is 12.9. The van der Waals surface area contributed by atoms with E-state index in [1.165, 1.54) is 0 Å². The number of carbonyl (C=O) groups excluding carboxylic acids is 3. The summed E-state index contributed by atoms with van der Waals surface area (Å²) in [6.45, 7) is 0. The summed E-state index contributed by atoms with van der Waals surface area (Å²) < 4.78 is 4.48. The molecule has 1 aliphatic rings. The lowest BCUT2D eigenvalue weighted by Gasteiger charge is -2.15. The predicted octanol–water partition coefficient (Wildman–Crippen LogP) is 2.24. The standard InChI is InChI=1S/C18H14N2O4/c1-24-18(23)19-20-16(21)14(12-8-4-2-5-9-12)15(17(20)22)13-10-6-3-7-11-13/h2-11H,1H3,(H,19,23). The van der Waals surface area contributed by atoms with Gasteiger partial charge in [0.25, 0.3) is 11.8 Å². The molecule has 0 atom stereocenters. The molecule has 0 bridgehead atoms. The Kier molecular flexibility index (Phi) is 4.11. The smallest absolute Gasteiger partial charge is 0.426 e. The molecular weight excluding hydrogens is 308 g/mol. The normalized spacial score (nSPS) is 14.1. The predicted molar refractivity (Wildman–Crippen MR) is 87.1 cm³/mol. The first-order chi connectivity index (χ1) is 11.6. The SMILES string of the molecule is COC(=O)NN1C(=O)C(c2ccccc2)=C(c2ccccc2)C1=O. The summed E-state index contributed by atoms with van der Waals surface area (Å²) in [7, 11) is 1.16. The first-order valence-corrected chi connectivity index (χ1v) is 7.22. The Hall–Kier alpha value is -3.41. The van der Waals surface area contributed by atoms with Gasteiger partial charge in [0.15, 0.2) is 0 Å². The average Bonchev–Trinajstić information content (AvgIpc) is 2.87. The Morgan fingerprint density at radius 3 is 1.62 bits per heavy atom. The Bertz CT molecular complexity index is 767. The van der Waals surface area contributed by atoms with Crippen molar-refractivity contribution in [2.24, 2.45) is 0 Å². The number of imide groups is 1. The summed E-state index contributed by atoms with van der Waals surface area (Å²) in [5.74, 6) is -1.20. The van der Waals surface area contributed by atoms with Gasteiger partial charge in [-0.3, -0.25) is 9.59 Å². The summed E-state index contributed by atoms with van der Waals surface area (Å²) in [5.41, 5.74) is 3.84. The molecule has 0 unspecified atom stereocenters. The summed E-state index contributed by atoms with van der Waals surface area (Å²) in [4.78, 5) is 36.9. The van der Waals surface area contributed by atoms with Crippen molar-refractivity contribution in [2.75, 3.05) is 7.11 Å². The number of benzene rings is 2. The molecular formula is C18H14N2O4. The maximum atomic E-state index is 12.7. The highest BCUT2D eigenvalue weighted by Gasteiger charge is 2.40. The van der Waals surface area contributed by atoms with Crippen LogP contribution in [0.15, 0.2) is 60.7 Å². The summed E-state index contributed by atoms with van der Waals surface area (Å²) in [5, 5.41) is 0.677. The Balaban J connectivity index is 2.13. The lowest BCUT2D eigenvalue weighted by molar-refractivity contribution is -0.139. The number of nitrogens with zero attached hydrogens (tertiary/aromatic N) is 1. The van der Waals surface area contributed by atoms with Crippen LogP contribution in [0.1, 0.15) is 11.1 Å². The van der Waals surface area contributed by atoms with E-state index in [9.17, 15) is 14.4 Å². The van der Waals surface area contributed by atoms with E-state index in [0.29, 0.717) is 16.1 Å². The molecule has 0 radical (unpaired) electrons. The van der Waals surface area contributed by atoms with Crippen LogP contribution in [0, 0.1) is 0 Å². The fraction of sp³-hybridized carbons (Fsp3) is 0.0556. The Morgan fingerprint density at radius 2 is 1.25 bits per heavy atom. The van der Waals surface area contributed by atoms with Gasteiger partial charge in [0, 0.05) is 0 Å². The van der Waals surface area contributed by atoms with Crippen LogP contribution in [-0.2, 0) is 14.3 Å². The molecule has 2 aromatic rings. The number of ether oxygens (including phenoxy) is 1. The van der Waals surface area contributed by atoms with Crippen LogP contribution in [0.2, 0.25) is 0 Å². The molecule has 0 aliphatic carbocycles. The first-order valence-electron chi connectivity index (χ1n) is 7.22. The number of amides is 3. The van der Waals surface area contributed by atoms with Crippen molar-refractivity contribution in [1.82, 2.24) is 10.4 Å². The highest BCUT2D eigenvalue weighted by Crippen LogP contribution is 2.34. The van der Waals surface area contributed by atoms with E-state index in [1.807, 2.05) is 12.1 Å². The molecule has 1 heterocycles. The number of methoxy groups -OCH3 is 1. The van der Waals surface area contributed by atoms with Crippen molar-refractivity contribution >= 4 is 29.1 Å². The second-order valence-corrected chi connectivity index (χ2v) is 5.03. The van der Waals surface area contributed by atoms with E-state index in [0.717, 1.165) is 7.11 Å². The largest absolute Gasteiger partial charge is 0.452 e. The fourth-order valence-electron chi connectivity index (χ4n) is 2.51. The maximum Gasteiger partial charge on any atom is 0.426 e. The minimum atomic E-state index is -0.890. The van der Waals surface area contributed by atoms with Gasteiger partial charge < -0.3 is 4.74 Å². The molecule has 0 saturated heterocycles. The van der Waals surface area contributed by atoms with Gasteiger partial charge in [-0.2, -0.15) is 5.01 Å². The van der Waals surface area contributed by atoms with Crippen LogP contribution in [0.25, 0.3) is 11.1 Å². The van der Waals surface area contributed by atoms with Crippen LogP contribution in [0.3, 0.4) is 0 Å². The number of carbonyl (C=O) groups is 3. The van der Waals surface area contributed by atoms with Crippen LogP contribution < -0.4 is 5.43 Å². The molecule has 6 nitrogen and oxygen atoms in total. The van der Waals surface area contributed by atoms with E-state index in [1.54, 1.807) is 48.5 Å².